The van der Waals surface area contributed by atoms with E-state index in [0.29, 0.717) is 5.75 Å². The molecule has 0 fully saturated rings. The van der Waals surface area contributed by atoms with Gasteiger partial charge in [-0.15, -0.1) is 11.8 Å². The Hall–Kier alpha value is -0.630. The molecule has 0 unspecified atom stereocenters. The Labute approximate surface area is 99.8 Å². The second kappa shape index (κ2) is 6.78. The molecule has 5 nitrogen and oxygen atoms in total. The van der Waals surface area contributed by atoms with Gasteiger partial charge < -0.3 is 4.84 Å². The summed E-state index contributed by atoms with van der Waals surface area (Å²) >= 11 is 4.77. The summed E-state index contributed by atoms with van der Waals surface area (Å²) in [5.41, 5.74) is 1.84. The van der Waals surface area contributed by atoms with Crippen molar-refractivity contribution < 1.29 is 9.63 Å². The van der Waals surface area contributed by atoms with Gasteiger partial charge in [-0.05, 0) is 28.1 Å². The summed E-state index contributed by atoms with van der Waals surface area (Å²) in [7, 11) is 0. The molecule has 0 radical (unpaired) electrons. The van der Waals surface area contributed by atoms with E-state index in [1.54, 1.807) is 6.20 Å². The third kappa shape index (κ3) is 5.12. The number of nitrogens with two attached hydrogens (primary N) is 1. The van der Waals surface area contributed by atoms with E-state index < -0.39 is 0 Å². The van der Waals surface area contributed by atoms with Gasteiger partial charge >= 0.3 is 5.97 Å². The Kier molecular flexibility index (Phi) is 5.62. The normalized spacial score (nSPS) is 10.0. The van der Waals surface area contributed by atoms with Gasteiger partial charge in [-0.3, -0.25) is 4.79 Å². The molecule has 0 aliphatic rings. The molecule has 0 aliphatic carbocycles. The molecular weight excluding hydrogens is 282 g/mol. The third-order valence-corrected chi connectivity index (χ3v) is 2.84. The van der Waals surface area contributed by atoms with E-state index >= 15 is 0 Å². The number of carbonyl (C=O) groups is 1. The Morgan fingerprint density at radius 3 is 3.07 bits per heavy atom. The monoisotopic (exact) mass is 291 g/mol. The minimum absolute atomic E-state index is 0.284. The fourth-order valence-electron chi connectivity index (χ4n) is 0.803. The molecule has 0 spiro atoms. The van der Waals surface area contributed by atoms with Crippen LogP contribution in [0.1, 0.15) is 6.42 Å². The quantitative estimate of drug-likeness (QED) is 0.483. The Bertz CT molecular complexity index is 320. The van der Waals surface area contributed by atoms with Crippen molar-refractivity contribution in [2.24, 2.45) is 5.84 Å². The van der Waals surface area contributed by atoms with Gasteiger partial charge in [-0.1, -0.05) is 5.59 Å². The Morgan fingerprint density at radius 2 is 2.47 bits per heavy atom. The minimum atomic E-state index is -0.387. The lowest BCUT2D eigenvalue weighted by Crippen LogP contribution is -2.26. The number of pyridine rings is 1. The van der Waals surface area contributed by atoms with Crippen LogP contribution < -0.4 is 11.4 Å². The number of aromatic nitrogens is 1. The number of rotatable bonds is 5. The summed E-state index contributed by atoms with van der Waals surface area (Å²) in [4.78, 5) is 19.4. The molecule has 0 aromatic carbocycles. The molecule has 1 aromatic rings. The third-order valence-electron chi connectivity index (χ3n) is 1.43. The van der Waals surface area contributed by atoms with Gasteiger partial charge in [0.15, 0.2) is 0 Å². The van der Waals surface area contributed by atoms with Gasteiger partial charge in [0.1, 0.15) is 0 Å². The lowest BCUT2D eigenvalue weighted by Gasteiger charge is -2.01. The Morgan fingerprint density at radius 1 is 1.67 bits per heavy atom. The number of nitrogens with zero attached hydrogens (tertiary/aromatic N) is 1. The zero-order valence-corrected chi connectivity index (χ0v) is 10.2. The van der Waals surface area contributed by atoms with E-state index in [-0.39, 0.29) is 12.4 Å². The van der Waals surface area contributed by atoms with Gasteiger partial charge in [0, 0.05) is 16.4 Å². The van der Waals surface area contributed by atoms with Crippen LogP contribution in [0.25, 0.3) is 0 Å². The van der Waals surface area contributed by atoms with E-state index in [2.05, 4.69) is 25.8 Å². The number of carbonyl (C=O) groups excluding carboxylic acids is 1. The van der Waals surface area contributed by atoms with Crippen molar-refractivity contribution in [3.63, 3.8) is 0 Å². The predicted molar refractivity (Wildman–Crippen MR) is 60.7 cm³/mol. The van der Waals surface area contributed by atoms with Gasteiger partial charge in [0.2, 0.25) is 0 Å². The van der Waals surface area contributed by atoms with Crippen LogP contribution in [0, 0.1) is 0 Å². The highest BCUT2D eigenvalue weighted by molar-refractivity contribution is 9.10. The summed E-state index contributed by atoms with van der Waals surface area (Å²) in [6.07, 6.45) is 1.99. The Balaban J connectivity index is 2.26. The largest absolute Gasteiger partial charge is 0.356 e. The average molecular weight is 292 g/mol. The SMILES string of the molecule is NNOC(=O)CCSc1ccc(Br)cn1. The van der Waals surface area contributed by atoms with Crippen LogP contribution >= 0.6 is 27.7 Å². The van der Waals surface area contributed by atoms with Crippen molar-refractivity contribution in [3.05, 3.63) is 22.8 Å². The molecular formula is C8H10BrN3O2S. The van der Waals surface area contributed by atoms with Crippen molar-refractivity contribution in [1.29, 1.82) is 0 Å². The van der Waals surface area contributed by atoms with E-state index in [0.717, 1.165) is 9.50 Å². The molecule has 0 saturated heterocycles. The maximum atomic E-state index is 10.9. The minimum Gasteiger partial charge on any atom is -0.356 e. The van der Waals surface area contributed by atoms with E-state index in [9.17, 15) is 4.79 Å². The van der Waals surface area contributed by atoms with Crippen LogP contribution in [-0.4, -0.2) is 16.7 Å². The van der Waals surface area contributed by atoms with Gasteiger partial charge in [0.05, 0.1) is 11.4 Å². The summed E-state index contributed by atoms with van der Waals surface area (Å²) < 4.78 is 0.929. The maximum absolute atomic E-state index is 10.9. The van der Waals surface area contributed by atoms with E-state index in [1.165, 1.54) is 11.8 Å². The molecule has 1 aromatic heterocycles. The lowest BCUT2D eigenvalue weighted by molar-refractivity contribution is -0.150. The lowest BCUT2D eigenvalue weighted by atomic mass is 10.5. The first-order chi connectivity index (χ1) is 7.22. The number of hydrazine groups is 1. The van der Waals surface area contributed by atoms with Gasteiger partial charge in [-0.2, -0.15) is 0 Å². The molecule has 0 bridgehead atoms. The second-order valence-corrected chi connectivity index (χ2v) is 4.54. The van der Waals surface area contributed by atoms with E-state index in [4.69, 9.17) is 5.84 Å². The molecule has 15 heavy (non-hydrogen) atoms. The molecule has 1 heterocycles. The summed E-state index contributed by atoms with van der Waals surface area (Å²) in [6.45, 7) is 0. The predicted octanol–water partition coefficient (Wildman–Crippen LogP) is 1.25. The molecule has 1 rings (SSSR count). The first-order valence-corrected chi connectivity index (χ1v) is 5.90. The van der Waals surface area contributed by atoms with E-state index in [1.807, 2.05) is 17.7 Å². The van der Waals surface area contributed by atoms with Crippen molar-refractivity contribution >= 4 is 33.7 Å². The van der Waals surface area contributed by atoms with Crippen molar-refractivity contribution in [1.82, 2.24) is 10.6 Å². The number of hydrogen-bond donors (Lipinski definition) is 2. The van der Waals surface area contributed by atoms with Crippen LogP contribution in [0.2, 0.25) is 0 Å². The van der Waals surface area contributed by atoms with Crippen LogP contribution in [0.15, 0.2) is 27.8 Å². The highest BCUT2D eigenvalue weighted by Gasteiger charge is 2.03. The molecule has 7 heteroatoms. The standard InChI is InChI=1S/C8H10BrN3O2S/c9-6-1-2-7(11-5-6)15-4-3-8(13)14-12-10/h1-2,5,12H,3-4,10H2. The first kappa shape index (κ1) is 12.4. The van der Waals surface area contributed by atoms with Crippen molar-refractivity contribution in [3.8, 4) is 0 Å². The van der Waals surface area contributed by atoms with Crippen LogP contribution in [-0.2, 0) is 9.63 Å². The molecule has 0 saturated carbocycles. The topological polar surface area (TPSA) is 77.2 Å². The number of halogens is 1. The molecule has 0 atom stereocenters. The number of hydrogen-bond acceptors (Lipinski definition) is 6. The van der Waals surface area contributed by atoms with Crippen LogP contribution in [0.4, 0.5) is 0 Å². The van der Waals surface area contributed by atoms with Gasteiger partial charge in [-0.25, -0.2) is 10.8 Å². The summed E-state index contributed by atoms with van der Waals surface area (Å²) in [5.74, 6) is 5.03. The van der Waals surface area contributed by atoms with Crippen LogP contribution in [0.3, 0.4) is 0 Å². The highest BCUT2D eigenvalue weighted by atomic mass is 79.9. The fourth-order valence-corrected chi connectivity index (χ4v) is 1.81. The smallest absolute Gasteiger partial charge is 0.327 e. The fraction of sp³-hybridized carbons (Fsp3) is 0.250. The molecule has 82 valence electrons. The molecule has 0 amide bonds. The molecule has 0 aliphatic heterocycles. The summed E-state index contributed by atoms with van der Waals surface area (Å²) in [6, 6.07) is 3.77. The van der Waals surface area contributed by atoms with Gasteiger partial charge in [0.25, 0.3) is 0 Å². The average Bonchev–Trinajstić information content (AvgIpc) is 2.21. The zero-order valence-electron chi connectivity index (χ0n) is 7.77. The molecule has 3 N–H and O–H groups in total. The maximum Gasteiger partial charge on any atom is 0.327 e. The number of nitrogens with one attached hydrogen (secondary N) is 1. The highest BCUT2D eigenvalue weighted by Crippen LogP contribution is 2.18. The van der Waals surface area contributed by atoms with Crippen LogP contribution in [0.5, 0.6) is 0 Å². The second-order valence-electron chi connectivity index (χ2n) is 2.51. The zero-order chi connectivity index (χ0) is 11.1. The van der Waals surface area contributed by atoms with Crippen molar-refractivity contribution in [2.75, 3.05) is 5.75 Å². The number of thioether (sulfide) groups is 1. The first-order valence-electron chi connectivity index (χ1n) is 4.12. The summed E-state index contributed by atoms with van der Waals surface area (Å²) in [5, 5.41) is 0.867. The van der Waals surface area contributed by atoms with Crippen molar-refractivity contribution in [2.45, 2.75) is 11.4 Å².